The predicted octanol–water partition coefficient (Wildman–Crippen LogP) is 3.26. The lowest BCUT2D eigenvalue weighted by Crippen LogP contribution is -2.45. The molecule has 0 atom stereocenters. The Morgan fingerprint density at radius 3 is 2.24 bits per heavy atom. The molecule has 2 N–H and O–H groups in total. The lowest BCUT2D eigenvalue weighted by Gasteiger charge is -2.28. The van der Waals surface area contributed by atoms with Crippen LogP contribution >= 0.6 is 11.6 Å². The second kappa shape index (κ2) is 9.15. The van der Waals surface area contributed by atoms with Crippen molar-refractivity contribution >= 4 is 27.5 Å². The van der Waals surface area contributed by atoms with Crippen molar-refractivity contribution in [2.24, 2.45) is 0 Å². The Hall–Kier alpha value is -2.09. The predicted molar refractivity (Wildman–Crippen MR) is 113 cm³/mol. The van der Waals surface area contributed by atoms with Gasteiger partial charge in [0.2, 0.25) is 15.9 Å². The van der Waals surface area contributed by atoms with E-state index in [-0.39, 0.29) is 23.9 Å². The number of halogens is 1. The molecular formula is C21H25ClN2O4S. The van der Waals surface area contributed by atoms with Crippen molar-refractivity contribution in [2.45, 2.75) is 36.0 Å². The van der Waals surface area contributed by atoms with Crippen molar-refractivity contribution in [2.75, 3.05) is 20.2 Å². The summed E-state index contributed by atoms with van der Waals surface area (Å²) in [7, 11) is -2.13. The highest BCUT2D eigenvalue weighted by atomic mass is 35.5. The zero-order chi connectivity index (χ0) is 20.9. The number of methoxy groups -OCH3 is 1. The fraction of sp³-hybridized carbons (Fsp3) is 0.381. The van der Waals surface area contributed by atoms with Crippen molar-refractivity contribution < 1.29 is 17.9 Å². The third-order valence-corrected chi connectivity index (χ3v) is 7.09. The van der Waals surface area contributed by atoms with E-state index in [2.05, 4.69) is 10.0 Å². The summed E-state index contributed by atoms with van der Waals surface area (Å²) in [5, 5.41) is 3.54. The Morgan fingerprint density at radius 1 is 1.03 bits per heavy atom. The smallest absolute Gasteiger partial charge is 0.240 e. The highest BCUT2D eigenvalue weighted by molar-refractivity contribution is 7.89. The van der Waals surface area contributed by atoms with Gasteiger partial charge in [0.15, 0.2) is 0 Å². The maximum atomic E-state index is 13.0. The van der Waals surface area contributed by atoms with Gasteiger partial charge in [0.1, 0.15) is 5.75 Å². The van der Waals surface area contributed by atoms with E-state index in [0.717, 1.165) is 31.2 Å². The van der Waals surface area contributed by atoms with Gasteiger partial charge in [-0.15, -0.1) is 0 Å². The molecule has 1 amide bonds. The van der Waals surface area contributed by atoms with E-state index in [1.54, 1.807) is 24.3 Å². The Bertz CT molecular complexity index is 938. The maximum absolute atomic E-state index is 13.0. The summed E-state index contributed by atoms with van der Waals surface area (Å²) in [5.74, 6) is 0.515. The summed E-state index contributed by atoms with van der Waals surface area (Å²) >= 11 is 5.98. The van der Waals surface area contributed by atoms with Crippen LogP contribution in [0.4, 0.5) is 0 Å². The maximum Gasteiger partial charge on any atom is 0.240 e. The van der Waals surface area contributed by atoms with Gasteiger partial charge in [-0.05, 0) is 54.8 Å². The second-order valence-corrected chi connectivity index (χ2v) is 9.33. The van der Waals surface area contributed by atoms with Gasteiger partial charge in [-0.2, -0.15) is 0 Å². The first-order valence-electron chi connectivity index (χ1n) is 9.55. The van der Waals surface area contributed by atoms with Gasteiger partial charge < -0.3 is 10.1 Å². The van der Waals surface area contributed by atoms with Crippen molar-refractivity contribution in [1.82, 2.24) is 10.0 Å². The van der Waals surface area contributed by atoms with E-state index in [1.807, 2.05) is 12.1 Å². The lowest BCUT2D eigenvalue weighted by atomic mass is 9.78. The third-order valence-electron chi connectivity index (χ3n) is 5.36. The zero-order valence-electron chi connectivity index (χ0n) is 16.3. The summed E-state index contributed by atoms with van der Waals surface area (Å²) in [6.07, 6.45) is 3.52. The van der Waals surface area contributed by atoms with Crippen LogP contribution in [0.25, 0.3) is 0 Å². The highest BCUT2D eigenvalue weighted by Gasteiger charge is 2.42. The molecule has 29 heavy (non-hydrogen) atoms. The van der Waals surface area contributed by atoms with Crippen molar-refractivity contribution in [1.29, 1.82) is 0 Å². The second-order valence-electron chi connectivity index (χ2n) is 7.13. The number of hydrogen-bond acceptors (Lipinski definition) is 4. The molecule has 156 valence electrons. The summed E-state index contributed by atoms with van der Waals surface area (Å²) in [5.41, 5.74) is 0.384. The van der Waals surface area contributed by atoms with Crippen LogP contribution in [0.5, 0.6) is 5.75 Å². The van der Waals surface area contributed by atoms with Crippen LogP contribution in [0.2, 0.25) is 5.02 Å². The summed E-state index contributed by atoms with van der Waals surface area (Å²) in [6.45, 7) is 0.320. The van der Waals surface area contributed by atoms with E-state index in [1.165, 1.54) is 19.2 Å². The number of rotatable bonds is 8. The molecule has 1 aliphatic rings. The number of benzene rings is 2. The molecule has 6 nitrogen and oxygen atoms in total. The fourth-order valence-corrected chi connectivity index (χ4v) is 4.92. The first kappa shape index (κ1) is 21.6. The quantitative estimate of drug-likeness (QED) is 0.622. The number of ether oxygens (including phenoxy) is 1. The van der Waals surface area contributed by atoms with E-state index < -0.39 is 15.4 Å². The van der Waals surface area contributed by atoms with Crippen molar-refractivity contribution in [3.8, 4) is 5.75 Å². The van der Waals surface area contributed by atoms with Gasteiger partial charge in [-0.3, -0.25) is 4.79 Å². The SMILES string of the molecule is COc1ccc(S(=O)(=O)NCCNC(=O)C2(c3ccc(Cl)cc3)CCCC2)cc1. The number of amides is 1. The van der Waals surface area contributed by atoms with E-state index in [9.17, 15) is 13.2 Å². The molecule has 1 fully saturated rings. The van der Waals surface area contributed by atoms with Crippen LogP contribution in [0, 0.1) is 0 Å². The molecule has 2 aromatic rings. The van der Waals surface area contributed by atoms with Crippen LogP contribution in [-0.2, 0) is 20.2 Å². The molecule has 8 heteroatoms. The Balaban J connectivity index is 1.58. The number of nitrogens with one attached hydrogen (secondary N) is 2. The average molecular weight is 437 g/mol. The molecule has 0 radical (unpaired) electrons. The van der Waals surface area contributed by atoms with Crippen LogP contribution in [0.3, 0.4) is 0 Å². The topological polar surface area (TPSA) is 84.5 Å². The Morgan fingerprint density at radius 2 is 1.66 bits per heavy atom. The molecule has 0 spiro atoms. The van der Waals surface area contributed by atoms with E-state index in [4.69, 9.17) is 16.3 Å². The summed E-state index contributed by atoms with van der Waals surface area (Å²) in [4.78, 5) is 13.1. The molecule has 3 rings (SSSR count). The highest BCUT2D eigenvalue weighted by Crippen LogP contribution is 2.41. The molecule has 1 aliphatic carbocycles. The first-order chi connectivity index (χ1) is 13.9. The van der Waals surface area contributed by atoms with Gasteiger partial charge in [0.25, 0.3) is 0 Å². The monoisotopic (exact) mass is 436 g/mol. The van der Waals surface area contributed by atoms with Crippen molar-refractivity contribution in [3.63, 3.8) is 0 Å². The van der Waals surface area contributed by atoms with Gasteiger partial charge in [0.05, 0.1) is 17.4 Å². The minimum absolute atomic E-state index is 0.0685. The van der Waals surface area contributed by atoms with Crippen LogP contribution in [-0.4, -0.2) is 34.5 Å². The molecule has 0 unspecified atom stereocenters. The molecule has 0 heterocycles. The normalized spacial score (nSPS) is 15.8. The number of carbonyl (C=O) groups is 1. The average Bonchev–Trinajstić information content (AvgIpc) is 3.23. The Kier molecular flexibility index (Phi) is 6.82. The molecule has 1 saturated carbocycles. The number of carbonyl (C=O) groups excluding carboxylic acids is 1. The molecule has 0 saturated heterocycles. The number of hydrogen-bond donors (Lipinski definition) is 2. The standard InChI is InChI=1S/C21H25ClN2O4S/c1-28-18-8-10-19(11-9-18)29(26,27)24-15-14-23-20(25)21(12-2-3-13-21)16-4-6-17(22)7-5-16/h4-11,24H,2-3,12-15H2,1H3,(H,23,25). The fourth-order valence-electron chi connectivity index (χ4n) is 3.76. The molecular weight excluding hydrogens is 412 g/mol. The Labute approximate surface area is 176 Å². The first-order valence-corrected chi connectivity index (χ1v) is 11.4. The minimum Gasteiger partial charge on any atom is -0.497 e. The molecule has 0 bridgehead atoms. The van der Waals surface area contributed by atoms with Gasteiger partial charge in [-0.1, -0.05) is 36.6 Å². The van der Waals surface area contributed by atoms with E-state index >= 15 is 0 Å². The minimum atomic E-state index is -3.65. The number of sulfonamides is 1. The summed E-state index contributed by atoms with van der Waals surface area (Å²) in [6, 6.07) is 13.5. The molecule has 2 aromatic carbocycles. The van der Waals surface area contributed by atoms with Gasteiger partial charge in [0, 0.05) is 18.1 Å². The van der Waals surface area contributed by atoms with Gasteiger partial charge >= 0.3 is 0 Å². The van der Waals surface area contributed by atoms with Crippen LogP contribution in [0.15, 0.2) is 53.4 Å². The van der Waals surface area contributed by atoms with Gasteiger partial charge in [-0.25, -0.2) is 13.1 Å². The van der Waals surface area contributed by atoms with Crippen molar-refractivity contribution in [3.05, 3.63) is 59.1 Å². The largest absolute Gasteiger partial charge is 0.497 e. The zero-order valence-corrected chi connectivity index (χ0v) is 17.9. The van der Waals surface area contributed by atoms with Crippen LogP contribution < -0.4 is 14.8 Å². The van der Waals surface area contributed by atoms with Crippen LogP contribution in [0.1, 0.15) is 31.2 Å². The van der Waals surface area contributed by atoms with E-state index in [0.29, 0.717) is 10.8 Å². The summed E-state index contributed by atoms with van der Waals surface area (Å²) < 4.78 is 32.3. The molecule has 0 aliphatic heterocycles. The third kappa shape index (κ3) is 4.91. The molecule has 0 aromatic heterocycles. The lowest BCUT2D eigenvalue weighted by molar-refractivity contribution is -0.126.